The number of nitrogens with zero attached hydrogens (tertiary/aromatic N) is 2. The zero-order valence-electron chi connectivity index (χ0n) is 47.0. The Bertz CT molecular complexity index is 3430. The monoisotopic (exact) mass is 977 g/mol. The van der Waals surface area contributed by atoms with E-state index in [1.165, 1.54) is 134 Å². The van der Waals surface area contributed by atoms with Crippen molar-refractivity contribution in [2.24, 2.45) is 0 Å². The lowest BCUT2D eigenvalue weighted by molar-refractivity contribution is 0.332. The minimum atomic E-state index is -0.0725. The predicted octanol–water partition coefficient (Wildman–Crippen LogP) is 18.2. The number of rotatable bonds is 4. The molecule has 4 heteroatoms. The van der Waals surface area contributed by atoms with E-state index >= 15 is 0 Å². The van der Waals surface area contributed by atoms with Gasteiger partial charge in [-0.25, -0.2) is 0 Å². The van der Waals surface area contributed by atoms with E-state index in [1.54, 1.807) is 0 Å². The first kappa shape index (κ1) is 49.4. The standard InChI is InChI=1S/C69H77BN2S/c1-42-37-57-60-58(38-42)72(61-50(43-21-25-45(26-22-43)64(2,3)4)19-18-20-51(61)44-23-27-46(28-24-44)65(5,6)7)56-40-48(67(11,12)13)29-33-55(56)70(60)63-62(52-39-47(66(8,9)10)30-34-59(52)73-63)71(57)49-31-32-53-54(41-49)69(16,17)36-35-68(53,14)15/h18-34,37-41H,35-36H2,1-17H3. The smallest absolute Gasteiger partial charge is 0.264 e. The molecule has 2 aliphatic heterocycles. The summed E-state index contributed by atoms with van der Waals surface area (Å²) in [5, 5.41) is 1.35. The molecule has 0 atom stereocenters. The van der Waals surface area contributed by atoms with Crippen LogP contribution in [0.5, 0.6) is 0 Å². The molecule has 0 unspecified atom stereocenters. The maximum atomic E-state index is 2.71. The lowest BCUT2D eigenvalue weighted by Gasteiger charge is -2.45. The lowest BCUT2D eigenvalue weighted by Crippen LogP contribution is -2.60. The van der Waals surface area contributed by atoms with Gasteiger partial charge in [-0.05, 0) is 156 Å². The second-order valence-electron chi connectivity index (χ2n) is 27.5. The highest BCUT2D eigenvalue weighted by molar-refractivity contribution is 7.33. The molecular weight excluding hydrogens is 900 g/mol. The highest BCUT2D eigenvalue weighted by Gasteiger charge is 2.47. The largest absolute Gasteiger partial charge is 0.310 e. The summed E-state index contributed by atoms with van der Waals surface area (Å²) in [5.41, 5.74) is 25.0. The molecule has 3 heterocycles. The third kappa shape index (κ3) is 8.21. The molecule has 372 valence electrons. The molecule has 0 spiro atoms. The second kappa shape index (κ2) is 16.6. The van der Waals surface area contributed by atoms with Crippen molar-refractivity contribution in [3.63, 3.8) is 0 Å². The maximum absolute atomic E-state index is 2.71. The number of hydrogen-bond donors (Lipinski definition) is 0. The Morgan fingerprint density at radius 2 is 0.959 bits per heavy atom. The molecule has 0 fully saturated rings. The van der Waals surface area contributed by atoms with Gasteiger partial charge in [0.05, 0.1) is 11.4 Å². The van der Waals surface area contributed by atoms with Crippen LogP contribution in [-0.2, 0) is 32.5 Å². The predicted molar refractivity (Wildman–Crippen MR) is 322 cm³/mol. The number of fused-ring (bicyclic) bond motifs is 7. The molecule has 0 bridgehead atoms. The number of benzene rings is 7. The van der Waals surface area contributed by atoms with Crippen LogP contribution < -0.4 is 25.5 Å². The zero-order valence-corrected chi connectivity index (χ0v) is 47.8. The molecule has 0 amide bonds. The molecule has 7 aromatic carbocycles. The van der Waals surface area contributed by atoms with Crippen LogP contribution in [0.1, 0.15) is 163 Å². The molecule has 0 saturated carbocycles. The minimum Gasteiger partial charge on any atom is -0.310 e. The molecule has 3 aliphatic rings. The van der Waals surface area contributed by atoms with Gasteiger partial charge in [-0.2, -0.15) is 0 Å². The minimum absolute atomic E-state index is 0.00186. The fourth-order valence-electron chi connectivity index (χ4n) is 12.3. The van der Waals surface area contributed by atoms with Gasteiger partial charge >= 0.3 is 0 Å². The van der Waals surface area contributed by atoms with Crippen LogP contribution in [0, 0.1) is 6.92 Å². The van der Waals surface area contributed by atoms with Crippen LogP contribution in [0.25, 0.3) is 32.3 Å². The second-order valence-corrected chi connectivity index (χ2v) is 28.6. The molecule has 8 aromatic rings. The van der Waals surface area contributed by atoms with E-state index < -0.39 is 0 Å². The molecule has 0 saturated heterocycles. The highest BCUT2D eigenvalue weighted by Crippen LogP contribution is 2.54. The summed E-state index contributed by atoms with van der Waals surface area (Å²) < 4.78 is 2.76. The van der Waals surface area contributed by atoms with Crippen LogP contribution in [0.4, 0.5) is 34.1 Å². The van der Waals surface area contributed by atoms with Crippen LogP contribution in [-0.4, -0.2) is 6.71 Å². The van der Waals surface area contributed by atoms with Gasteiger partial charge < -0.3 is 9.80 Å². The van der Waals surface area contributed by atoms with Crippen molar-refractivity contribution < 1.29 is 0 Å². The van der Waals surface area contributed by atoms with Gasteiger partial charge in [0.25, 0.3) is 6.71 Å². The summed E-state index contributed by atoms with van der Waals surface area (Å²) in [6, 6.07) is 53.3. The molecule has 2 nitrogen and oxygen atoms in total. The van der Waals surface area contributed by atoms with E-state index in [0.717, 1.165) is 0 Å². The number of hydrogen-bond acceptors (Lipinski definition) is 3. The Balaban J connectivity index is 1.27. The van der Waals surface area contributed by atoms with Gasteiger partial charge in [0.2, 0.25) is 0 Å². The van der Waals surface area contributed by atoms with Gasteiger partial charge in [0.15, 0.2) is 0 Å². The number of aryl methyl sites for hydroxylation is 1. The van der Waals surface area contributed by atoms with Crippen molar-refractivity contribution in [3.8, 4) is 22.3 Å². The molecule has 11 rings (SSSR count). The van der Waals surface area contributed by atoms with Crippen molar-refractivity contribution in [2.45, 2.75) is 163 Å². The first-order chi connectivity index (χ1) is 34.1. The Labute approximate surface area is 443 Å². The van der Waals surface area contributed by atoms with E-state index in [-0.39, 0.29) is 39.2 Å². The lowest BCUT2D eigenvalue weighted by atomic mass is 9.36. The van der Waals surface area contributed by atoms with Crippen molar-refractivity contribution in [3.05, 3.63) is 172 Å². The Hall–Kier alpha value is -5.84. The summed E-state index contributed by atoms with van der Waals surface area (Å²) >= 11 is 2.01. The maximum Gasteiger partial charge on any atom is 0.264 e. The third-order valence-electron chi connectivity index (χ3n) is 17.0. The fraction of sp³-hybridized carbons (Fsp3) is 0.362. The topological polar surface area (TPSA) is 6.48 Å². The number of para-hydroxylation sites is 1. The quantitative estimate of drug-likeness (QED) is 0.162. The Morgan fingerprint density at radius 1 is 0.466 bits per heavy atom. The van der Waals surface area contributed by atoms with E-state index in [4.69, 9.17) is 0 Å². The number of anilines is 6. The molecular formula is C69H77BN2S. The summed E-state index contributed by atoms with van der Waals surface area (Å²) in [4.78, 5) is 5.41. The van der Waals surface area contributed by atoms with Gasteiger partial charge in [-0.15, -0.1) is 11.3 Å². The van der Waals surface area contributed by atoms with Crippen LogP contribution in [0.15, 0.2) is 133 Å². The third-order valence-corrected chi connectivity index (χ3v) is 18.2. The van der Waals surface area contributed by atoms with Gasteiger partial charge in [-0.1, -0.05) is 202 Å². The fourth-order valence-corrected chi connectivity index (χ4v) is 13.6. The highest BCUT2D eigenvalue weighted by atomic mass is 32.1. The zero-order chi connectivity index (χ0) is 52.1. The van der Waals surface area contributed by atoms with E-state index in [1.807, 2.05) is 11.3 Å². The molecule has 1 aromatic heterocycles. The summed E-state index contributed by atoms with van der Waals surface area (Å²) in [7, 11) is 0. The first-order valence-corrected chi connectivity index (χ1v) is 27.9. The first-order valence-electron chi connectivity index (χ1n) is 27.1. The van der Waals surface area contributed by atoms with Gasteiger partial charge in [0.1, 0.15) is 0 Å². The van der Waals surface area contributed by atoms with Crippen LogP contribution >= 0.6 is 11.3 Å². The Morgan fingerprint density at radius 3 is 1.51 bits per heavy atom. The van der Waals surface area contributed by atoms with Crippen LogP contribution in [0.3, 0.4) is 0 Å². The van der Waals surface area contributed by atoms with Crippen molar-refractivity contribution in [1.82, 2.24) is 0 Å². The SMILES string of the molecule is Cc1cc2c3c(c1)N(c1ccc4c(c1)C(C)(C)CCC4(C)C)c1c(sc4ccc(C(C)(C)C)cc14)B3c1ccc(C(C)(C)C)cc1N2c1c(-c2ccc(C(C)(C)C)cc2)cccc1-c1ccc(C(C)(C)C)cc1. The van der Waals surface area contributed by atoms with Crippen molar-refractivity contribution >= 4 is 78.0 Å². The average molecular weight is 977 g/mol. The summed E-state index contributed by atoms with van der Waals surface area (Å²) in [6.07, 6.45) is 2.36. The summed E-state index contributed by atoms with van der Waals surface area (Å²) in [5.74, 6) is 0. The average Bonchev–Trinajstić information content (AvgIpc) is 3.70. The molecule has 73 heavy (non-hydrogen) atoms. The van der Waals surface area contributed by atoms with Crippen LogP contribution in [0.2, 0.25) is 0 Å². The van der Waals surface area contributed by atoms with Gasteiger partial charge in [0, 0.05) is 48.7 Å². The normalized spacial score (nSPS) is 16.0. The summed E-state index contributed by atoms with van der Waals surface area (Å²) in [6.45, 7) is 40.2. The van der Waals surface area contributed by atoms with Crippen molar-refractivity contribution in [1.29, 1.82) is 0 Å². The number of thiophene rings is 1. The molecule has 0 radical (unpaired) electrons. The van der Waals surface area contributed by atoms with E-state index in [9.17, 15) is 0 Å². The van der Waals surface area contributed by atoms with Gasteiger partial charge in [-0.3, -0.25) is 0 Å². The molecule has 0 N–H and O–H groups in total. The van der Waals surface area contributed by atoms with E-state index in [2.05, 4.69) is 261 Å². The molecule has 1 aliphatic carbocycles. The van der Waals surface area contributed by atoms with Crippen molar-refractivity contribution in [2.75, 3.05) is 9.80 Å². The van der Waals surface area contributed by atoms with E-state index in [0.29, 0.717) is 0 Å². The Kier molecular flexibility index (Phi) is 11.2.